The van der Waals surface area contributed by atoms with Gasteiger partial charge in [0, 0.05) is 26.0 Å². The minimum absolute atomic E-state index is 0.150. The van der Waals surface area contributed by atoms with Gasteiger partial charge >= 0.3 is 0 Å². The zero-order valence-corrected chi connectivity index (χ0v) is 13.6. The Labute approximate surface area is 128 Å². The van der Waals surface area contributed by atoms with Gasteiger partial charge in [0.05, 0.1) is 25.5 Å². The fraction of sp³-hybridized carbons (Fsp3) is 0.688. The van der Waals surface area contributed by atoms with Crippen molar-refractivity contribution in [2.75, 3.05) is 33.5 Å². The molecule has 0 aliphatic heterocycles. The highest BCUT2D eigenvalue weighted by molar-refractivity contribution is 5.26. The Morgan fingerprint density at radius 3 is 2.67 bits per heavy atom. The Balaban J connectivity index is 2.57. The first-order valence-electron chi connectivity index (χ1n) is 7.59. The number of aromatic nitrogens is 1. The summed E-state index contributed by atoms with van der Waals surface area (Å²) in [5, 5.41) is 3.46. The van der Waals surface area contributed by atoms with E-state index in [4.69, 9.17) is 14.2 Å². The van der Waals surface area contributed by atoms with Crippen LogP contribution >= 0.6 is 0 Å². The fourth-order valence-electron chi connectivity index (χ4n) is 2.04. The molecule has 0 amide bonds. The molecule has 0 saturated heterocycles. The summed E-state index contributed by atoms with van der Waals surface area (Å²) in [6, 6.07) is 2.27. The number of ether oxygens (including phenoxy) is 3. The summed E-state index contributed by atoms with van der Waals surface area (Å²) in [6.45, 7) is 8.97. The molecule has 1 heterocycles. The lowest BCUT2D eigenvalue weighted by molar-refractivity contribution is 0.0658. The molecule has 0 aliphatic rings. The number of methoxy groups -OCH3 is 1. The molecule has 1 rings (SSSR count). The average molecular weight is 296 g/mol. The summed E-state index contributed by atoms with van der Waals surface area (Å²) in [6.07, 6.45) is 4.68. The van der Waals surface area contributed by atoms with E-state index in [2.05, 4.69) is 23.3 Å². The maximum Gasteiger partial charge on any atom is 0.138 e. The first-order valence-corrected chi connectivity index (χ1v) is 7.59. The van der Waals surface area contributed by atoms with E-state index in [0.29, 0.717) is 19.8 Å². The van der Waals surface area contributed by atoms with Gasteiger partial charge in [0.2, 0.25) is 0 Å². The molecule has 1 aromatic rings. The second-order valence-corrected chi connectivity index (χ2v) is 5.12. The third-order valence-electron chi connectivity index (χ3n) is 2.94. The van der Waals surface area contributed by atoms with E-state index in [0.717, 1.165) is 24.3 Å². The number of hydrogen-bond donors (Lipinski definition) is 1. The Kier molecular flexibility index (Phi) is 8.98. The highest BCUT2D eigenvalue weighted by atomic mass is 16.5. The van der Waals surface area contributed by atoms with Crippen LogP contribution in [0.2, 0.25) is 0 Å². The minimum Gasteiger partial charge on any atom is -0.489 e. The second kappa shape index (κ2) is 10.5. The molecule has 1 aromatic heterocycles. The smallest absolute Gasteiger partial charge is 0.138 e. The zero-order valence-electron chi connectivity index (χ0n) is 13.6. The topological polar surface area (TPSA) is 52.6 Å². The molecule has 0 radical (unpaired) electrons. The lowest BCUT2D eigenvalue weighted by Gasteiger charge is -2.19. The van der Waals surface area contributed by atoms with Gasteiger partial charge in [-0.2, -0.15) is 0 Å². The predicted molar refractivity (Wildman–Crippen MR) is 83.7 cm³/mol. The Morgan fingerprint density at radius 1 is 1.19 bits per heavy atom. The summed E-state index contributed by atoms with van der Waals surface area (Å²) in [5.74, 6) is 0.811. The van der Waals surface area contributed by atoms with Crippen molar-refractivity contribution in [3.05, 3.63) is 24.0 Å². The molecule has 0 spiro atoms. The standard InChI is InChI=1S/C16H28N2O3/c1-5-18-16(6-7-20-9-8-19-4)14-10-15(12-17-11-14)21-13(2)3/h10-13,16,18H,5-9H2,1-4H3. The molecule has 5 heteroatoms. The zero-order chi connectivity index (χ0) is 15.5. The maximum atomic E-state index is 5.70. The maximum absolute atomic E-state index is 5.70. The van der Waals surface area contributed by atoms with E-state index >= 15 is 0 Å². The third-order valence-corrected chi connectivity index (χ3v) is 2.94. The number of rotatable bonds is 11. The van der Waals surface area contributed by atoms with E-state index in [1.807, 2.05) is 20.0 Å². The van der Waals surface area contributed by atoms with Crippen LogP contribution in [0.3, 0.4) is 0 Å². The normalized spacial score (nSPS) is 12.6. The monoisotopic (exact) mass is 296 g/mol. The van der Waals surface area contributed by atoms with Crippen molar-refractivity contribution in [1.29, 1.82) is 0 Å². The Hall–Kier alpha value is -1.17. The van der Waals surface area contributed by atoms with E-state index in [9.17, 15) is 0 Å². The summed E-state index contributed by atoms with van der Waals surface area (Å²) >= 11 is 0. The van der Waals surface area contributed by atoms with Gasteiger partial charge in [-0.1, -0.05) is 6.92 Å². The average Bonchev–Trinajstić information content (AvgIpc) is 2.45. The molecule has 1 N–H and O–H groups in total. The first kappa shape index (κ1) is 17.9. The molecule has 0 bridgehead atoms. The fourth-order valence-corrected chi connectivity index (χ4v) is 2.04. The van der Waals surface area contributed by atoms with Crippen LogP contribution in [0.5, 0.6) is 5.75 Å². The summed E-state index contributed by atoms with van der Waals surface area (Å²) in [7, 11) is 1.68. The van der Waals surface area contributed by atoms with E-state index in [-0.39, 0.29) is 12.1 Å². The van der Waals surface area contributed by atoms with Crippen LogP contribution in [-0.2, 0) is 9.47 Å². The summed E-state index contributed by atoms with van der Waals surface area (Å²) in [5.41, 5.74) is 1.13. The van der Waals surface area contributed by atoms with Gasteiger partial charge in [0.25, 0.3) is 0 Å². The van der Waals surface area contributed by atoms with Crippen molar-refractivity contribution < 1.29 is 14.2 Å². The quantitative estimate of drug-likeness (QED) is 0.636. The Morgan fingerprint density at radius 2 is 2.00 bits per heavy atom. The molecule has 0 aromatic carbocycles. The number of hydrogen-bond acceptors (Lipinski definition) is 5. The van der Waals surface area contributed by atoms with Crippen LogP contribution in [0.15, 0.2) is 18.5 Å². The van der Waals surface area contributed by atoms with Crippen molar-refractivity contribution in [2.24, 2.45) is 0 Å². The molecule has 0 saturated carbocycles. The van der Waals surface area contributed by atoms with Gasteiger partial charge < -0.3 is 19.5 Å². The van der Waals surface area contributed by atoms with Crippen LogP contribution in [-0.4, -0.2) is 44.6 Å². The lowest BCUT2D eigenvalue weighted by Crippen LogP contribution is -2.23. The molecule has 1 atom stereocenters. The van der Waals surface area contributed by atoms with Gasteiger partial charge in [0.1, 0.15) is 5.75 Å². The highest BCUT2D eigenvalue weighted by Crippen LogP contribution is 2.21. The van der Waals surface area contributed by atoms with Crippen molar-refractivity contribution in [3.63, 3.8) is 0 Å². The predicted octanol–water partition coefficient (Wildman–Crippen LogP) is 2.57. The largest absolute Gasteiger partial charge is 0.489 e. The van der Waals surface area contributed by atoms with Gasteiger partial charge in [-0.05, 0) is 38.4 Å². The number of nitrogens with one attached hydrogen (secondary N) is 1. The molecule has 21 heavy (non-hydrogen) atoms. The third kappa shape index (κ3) is 7.41. The van der Waals surface area contributed by atoms with Gasteiger partial charge in [-0.15, -0.1) is 0 Å². The van der Waals surface area contributed by atoms with Gasteiger partial charge in [-0.25, -0.2) is 0 Å². The van der Waals surface area contributed by atoms with Crippen molar-refractivity contribution in [3.8, 4) is 5.75 Å². The van der Waals surface area contributed by atoms with E-state index < -0.39 is 0 Å². The molecule has 120 valence electrons. The van der Waals surface area contributed by atoms with Crippen LogP contribution in [0.1, 0.15) is 38.8 Å². The second-order valence-electron chi connectivity index (χ2n) is 5.12. The molecule has 5 nitrogen and oxygen atoms in total. The van der Waals surface area contributed by atoms with Crippen molar-refractivity contribution in [1.82, 2.24) is 10.3 Å². The van der Waals surface area contributed by atoms with Crippen LogP contribution in [0.4, 0.5) is 0 Å². The molecule has 0 fully saturated rings. The molecular weight excluding hydrogens is 268 g/mol. The molecule has 0 aliphatic carbocycles. The Bertz CT molecular complexity index is 386. The number of nitrogens with zero attached hydrogens (tertiary/aromatic N) is 1. The van der Waals surface area contributed by atoms with Crippen LogP contribution in [0, 0.1) is 0 Å². The molecule has 1 unspecified atom stereocenters. The van der Waals surface area contributed by atoms with E-state index in [1.54, 1.807) is 13.3 Å². The number of pyridine rings is 1. The molecular formula is C16H28N2O3. The van der Waals surface area contributed by atoms with E-state index in [1.165, 1.54) is 0 Å². The van der Waals surface area contributed by atoms with Gasteiger partial charge in [0.15, 0.2) is 0 Å². The van der Waals surface area contributed by atoms with Gasteiger partial charge in [-0.3, -0.25) is 4.98 Å². The van der Waals surface area contributed by atoms with Crippen LogP contribution < -0.4 is 10.1 Å². The SMILES string of the molecule is CCNC(CCOCCOC)c1cncc(OC(C)C)c1. The summed E-state index contributed by atoms with van der Waals surface area (Å²) in [4.78, 5) is 4.27. The van der Waals surface area contributed by atoms with Crippen molar-refractivity contribution >= 4 is 0 Å². The van der Waals surface area contributed by atoms with Crippen molar-refractivity contribution in [2.45, 2.75) is 39.3 Å². The first-order chi connectivity index (χ1) is 10.2. The summed E-state index contributed by atoms with van der Waals surface area (Å²) < 4.78 is 16.2. The minimum atomic E-state index is 0.150. The highest BCUT2D eigenvalue weighted by Gasteiger charge is 2.12. The lowest BCUT2D eigenvalue weighted by atomic mass is 10.1. The van der Waals surface area contributed by atoms with Crippen LogP contribution in [0.25, 0.3) is 0 Å².